The Balaban J connectivity index is 1.43. The van der Waals surface area contributed by atoms with Gasteiger partial charge in [-0.05, 0) is 50.4 Å². The Bertz CT molecular complexity index is 710. The van der Waals surface area contributed by atoms with E-state index in [1.165, 1.54) is 25.9 Å². The van der Waals surface area contributed by atoms with Gasteiger partial charge in [0.2, 0.25) is 5.91 Å². The number of benzene rings is 1. The largest absolute Gasteiger partial charge is 0.497 e. The molecular weight excluding hydrogens is 316 g/mol. The van der Waals surface area contributed by atoms with E-state index < -0.39 is 0 Å². The third-order valence-electron chi connectivity index (χ3n) is 4.93. The van der Waals surface area contributed by atoms with E-state index in [1.807, 2.05) is 18.2 Å². The highest BCUT2D eigenvalue weighted by Crippen LogP contribution is 2.25. The number of furan rings is 1. The van der Waals surface area contributed by atoms with Crippen LogP contribution in [0.3, 0.4) is 0 Å². The molecule has 5 heteroatoms. The number of amides is 1. The van der Waals surface area contributed by atoms with Crippen molar-refractivity contribution in [1.82, 2.24) is 10.2 Å². The highest BCUT2D eigenvalue weighted by molar-refractivity contribution is 5.88. The van der Waals surface area contributed by atoms with Gasteiger partial charge in [-0.15, -0.1) is 0 Å². The first-order valence-corrected chi connectivity index (χ1v) is 9.19. The molecule has 1 fully saturated rings. The normalized spacial score (nSPS) is 18.4. The van der Waals surface area contributed by atoms with Crippen LogP contribution in [0, 0.1) is 5.92 Å². The van der Waals surface area contributed by atoms with Crippen LogP contribution in [0.2, 0.25) is 0 Å². The third-order valence-corrected chi connectivity index (χ3v) is 4.93. The van der Waals surface area contributed by atoms with E-state index in [2.05, 4.69) is 17.1 Å². The molecule has 25 heavy (non-hydrogen) atoms. The van der Waals surface area contributed by atoms with Crippen molar-refractivity contribution in [2.45, 2.75) is 32.6 Å². The van der Waals surface area contributed by atoms with Crippen molar-refractivity contribution in [1.29, 1.82) is 0 Å². The predicted molar refractivity (Wildman–Crippen MR) is 98.9 cm³/mol. The summed E-state index contributed by atoms with van der Waals surface area (Å²) in [4.78, 5) is 14.7. The molecule has 1 aliphatic rings. The Morgan fingerprint density at radius 1 is 1.44 bits per heavy atom. The summed E-state index contributed by atoms with van der Waals surface area (Å²) in [5.74, 6) is 1.60. The monoisotopic (exact) mass is 344 g/mol. The number of nitrogens with one attached hydrogen (secondary N) is 1. The molecule has 1 amide bonds. The van der Waals surface area contributed by atoms with Crippen LogP contribution in [0.4, 0.5) is 0 Å². The molecule has 3 rings (SSSR count). The molecule has 0 radical (unpaired) electrons. The number of methoxy groups -OCH3 is 1. The van der Waals surface area contributed by atoms with Gasteiger partial charge in [0.1, 0.15) is 11.3 Å². The van der Waals surface area contributed by atoms with Crippen LogP contribution in [0.5, 0.6) is 5.75 Å². The van der Waals surface area contributed by atoms with Crippen molar-refractivity contribution < 1.29 is 13.9 Å². The minimum Gasteiger partial charge on any atom is -0.497 e. The molecule has 0 saturated carbocycles. The van der Waals surface area contributed by atoms with Gasteiger partial charge in [-0.25, -0.2) is 0 Å². The smallest absolute Gasteiger partial charge is 0.224 e. The first-order valence-electron chi connectivity index (χ1n) is 9.19. The lowest BCUT2D eigenvalue weighted by atomic mass is 10.0. The Kier molecular flexibility index (Phi) is 5.97. The van der Waals surface area contributed by atoms with Gasteiger partial charge < -0.3 is 19.4 Å². The lowest BCUT2D eigenvalue weighted by molar-refractivity contribution is -0.120. The van der Waals surface area contributed by atoms with Crippen LogP contribution in [-0.2, 0) is 11.2 Å². The molecule has 2 heterocycles. The SMILES string of the molecule is COc1ccc2c(CC(=O)NCCCN3CCC[C@H](C)C3)coc2c1. The fraction of sp³-hybridized carbons (Fsp3) is 0.550. The minimum atomic E-state index is 0.0468. The molecule has 0 bridgehead atoms. The van der Waals surface area contributed by atoms with Crippen molar-refractivity contribution in [3.63, 3.8) is 0 Å². The summed E-state index contributed by atoms with van der Waals surface area (Å²) in [6.07, 6.45) is 5.66. The maximum absolute atomic E-state index is 12.2. The molecule has 0 unspecified atom stereocenters. The molecule has 0 spiro atoms. The fourth-order valence-electron chi connectivity index (χ4n) is 3.58. The quantitative estimate of drug-likeness (QED) is 0.784. The van der Waals surface area contributed by atoms with Gasteiger partial charge in [-0.2, -0.15) is 0 Å². The topological polar surface area (TPSA) is 54.7 Å². The summed E-state index contributed by atoms with van der Waals surface area (Å²) in [5, 5.41) is 4.00. The first-order chi connectivity index (χ1) is 12.2. The average molecular weight is 344 g/mol. The number of hydrogen-bond acceptors (Lipinski definition) is 4. The maximum Gasteiger partial charge on any atom is 0.224 e. The van der Waals surface area contributed by atoms with E-state index in [0.717, 1.165) is 47.7 Å². The molecule has 1 aromatic carbocycles. The predicted octanol–water partition coefficient (Wildman–Crippen LogP) is 3.22. The van der Waals surface area contributed by atoms with Gasteiger partial charge in [-0.3, -0.25) is 4.79 Å². The number of fused-ring (bicyclic) bond motifs is 1. The highest BCUT2D eigenvalue weighted by atomic mass is 16.5. The summed E-state index contributed by atoms with van der Waals surface area (Å²) in [6.45, 7) is 6.51. The minimum absolute atomic E-state index is 0.0468. The Morgan fingerprint density at radius 3 is 3.12 bits per heavy atom. The fourth-order valence-corrected chi connectivity index (χ4v) is 3.58. The van der Waals surface area contributed by atoms with E-state index >= 15 is 0 Å². The maximum atomic E-state index is 12.2. The highest BCUT2D eigenvalue weighted by Gasteiger charge is 2.15. The second-order valence-electron chi connectivity index (χ2n) is 7.05. The van der Waals surface area contributed by atoms with E-state index in [0.29, 0.717) is 6.42 Å². The second-order valence-corrected chi connectivity index (χ2v) is 7.05. The van der Waals surface area contributed by atoms with Crippen LogP contribution in [0.15, 0.2) is 28.9 Å². The van der Waals surface area contributed by atoms with Crippen LogP contribution in [0.1, 0.15) is 31.7 Å². The van der Waals surface area contributed by atoms with E-state index in [4.69, 9.17) is 9.15 Å². The lowest BCUT2D eigenvalue weighted by Crippen LogP contribution is -2.36. The summed E-state index contributed by atoms with van der Waals surface area (Å²) >= 11 is 0. The molecule has 136 valence electrons. The Morgan fingerprint density at radius 2 is 2.32 bits per heavy atom. The van der Waals surface area contributed by atoms with Gasteiger partial charge in [-0.1, -0.05) is 6.92 Å². The summed E-state index contributed by atoms with van der Waals surface area (Å²) < 4.78 is 10.7. The number of nitrogens with zero attached hydrogens (tertiary/aromatic N) is 1. The van der Waals surface area contributed by atoms with E-state index in [9.17, 15) is 4.79 Å². The molecular formula is C20H28N2O3. The van der Waals surface area contributed by atoms with Gasteiger partial charge in [0, 0.05) is 30.1 Å². The first kappa shape index (κ1) is 17.8. The van der Waals surface area contributed by atoms with Crippen LogP contribution < -0.4 is 10.1 Å². The number of piperidine rings is 1. The molecule has 1 N–H and O–H groups in total. The van der Waals surface area contributed by atoms with E-state index in [1.54, 1.807) is 13.4 Å². The van der Waals surface area contributed by atoms with Crippen molar-refractivity contribution in [3.8, 4) is 5.75 Å². The van der Waals surface area contributed by atoms with Gasteiger partial charge >= 0.3 is 0 Å². The zero-order chi connectivity index (χ0) is 17.6. The molecule has 1 atom stereocenters. The third kappa shape index (κ3) is 4.75. The number of hydrogen-bond donors (Lipinski definition) is 1. The van der Waals surface area contributed by atoms with Gasteiger partial charge in [0.15, 0.2) is 0 Å². The summed E-state index contributed by atoms with van der Waals surface area (Å²) in [6, 6.07) is 5.67. The number of carbonyl (C=O) groups is 1. The van der Waals surface area contributed by atoms with Crippen LogP contribution >= 0.6 is 0 Å². The zero-order valence-corrected chi connectivity index (χ0v) is 15.2. The molecule has 1 aliphatic heterocycles. The number of ether oxygens (including phenoxy) is 1. The van der Waals surface area contributed by atoms with Crippen LogP contribution in [0.25, 0.3) is 11.0 Å². The summed E-state index contributed by atoms with van der Waals surface area (Å²) in [7, 11) is 1.63. The molecule has 5 nitrogen and oxygen atoms in total. The van der Waals surface area contributed by atoms with Crippen LogP contribution in [-0.4, -0.2) is 44.1 Å². The Hall–Kier alpha value is -2.01. The van der Waals surface area contributed by atoms with Gasteiger partial charge in [0.25, 0.3) is 0 Å². The summed E-state index contributed by atoms with van der Waals surface area (Å²) in [5.41, 5.74) is 1.67. The number of likely N-dealkylation sites (tertiary alicyclic amines) is 1. The van der Waals surface area contributed by atoms with Gasteiger partial charge in [0.05, 0.1) is 19.8 Å². The standard InChI is InChI=1S/C20H28N2O3/c1-15-5-3-9-22(13-15)10-4-8-21-20(23)11-16-14-25-19-12-17(24-2)6-7-18(16)19/h6-7,12,14-15H,3-5,8-11,13H2,1-2H3,(H,21,23)/t15-/m0/s1. The molecule has 1 aromatic heterocycles. The molecule has 2 aromatic rings. The molecule has 1 saturated heterocycles. The van der Waals surface area contributed by atoms with Crippen molar-refractivity contribution in [3.05, 3.63) is 30.0 Å². The average Bonchev–Trinajstić information content (AvgIpc) is 3.01. The van der Waals surface area contributed by atoms with Crippen molar-refractivity contribution in [2.75, 3.05) is 33.3 Å². The Labute approximate surface area is 149 Å². The molecule has 0 aliphatic carbocycles. The zero-order valence-electron chi connectivity index (χ0n) is 15.2. The lowest BCUT2D eigenvalue weighted by Gasteiger charge is -2.30. The number of carbonyl (C=O) groups excluding carboxylic acids is 1. The van der Waals surface area contributed by atoms with Crippen molar-refractivity contribution in [2.24, 2.45) is 5.92 Å². The second kappa shape index (κ2) is 8.39. The van der Waals surface area contributed by atoms with E-state index in [-0.39, 0.29) is 5.91 Å². The number of rotatable bonds is 7. The van der Waals surface area contributed by atoms with Crippen molar-refractivity contribution >= 4 is 16.9 Å².